The summed E-state index contributed by atoms with van der Waals surface area (Å²) in [6.45, 7) is 3.62. The van der Waals surface area contributed by atoms with Gasteiger partial charge in [-0.25, -0.2) is 14.8 Å². The lowest BCUT2D eigenvalue weighted by Gasteiger charge is -2.20. The highest BCUT2D eigenvalue weighted by Crippen LogP contribution is 2.22. The van der Waals surface area contributed by atoms with E-state index in [1.165, 1.54) is 13.3 Å². The van der Waals surface area contributed by atoms with Crippen molar-refractivity contribution in [2.75, 3.05) is 19.0 Å². The number of esters is 1. The molecule has 2 aromatic rings. The number of carboxylic acids is 1. The third-order valence-electron chi connectivity index (χ3n) is 3.88. The molecule has 0 fully saturated rings. The Bertz CT molecular complexity index is 906. The second kappa shape index (κ2) is 10.3. The van der Waals surface area contributed by atoms with Gasteiger partial charge in [-0.15, -0.1) is 0 Å². The molecule has 10 heteroatoms. The zero-order valence-electron chi connectivity index (χ0n) is 16.3. The fraction of sp³-hybridized carbons (Fsp3) is 0.316. The number of carbonyl (C=O) groups excluding carboxylic acids is 1. The summed E-state index contributed by atoms with van der Waals surface area (Å²) in [5.74, 6) is -0.712. The molecule has 0 aliphatic heterocycles. The molecule has 1 aromatic heterocycles. The van der Waals surface area contributed by atoms with Gasteiger partial charge in [0.15, 0.2) is 5.11 Å². The van der Waals surface area contributed by atoms with Crippen LogP contribution in [0, 0.1) is 6.92 Å². The first kappa shape index (κ1) is 22.0. The van der Waals surface area contributed by atoms with E-state index in [2.05, 4.69) is 20.6 Å². The number of nitrogens with one attached hydrogen (secondary N) is 2. The van der Waals surface area contributed by atoms with Crippen molar-refractivity contribution in [3.05, 3.63) is 47.3 Å². The summed E-state index contributed by atoms with van der Waals surface area (Å²) >= 11 is 5.28. The number of hydrogen-bond donors (Lipinski definition) is 3. The predicted octanol–water partition coefficient (Wildman–Crippen LogP) is 2.47. The Labute approximate surface area is 173 Å². The van der Waals surface area contributed by atoms with Gasteiger partial charge in [0.25, 0.3) is 0 Å². The predicted molar refractivity (Wildman–Crippen MR) is 110 cm³/mol. The first-order valence-electron chi connectivity index (χ1n) is 8.78. The Morgan fingerprint density at radius 1 is 1.34 bits per heavy atom. The Hall–Kier alpha value is -3.27. The zero-order valence-corrected chi connectivity index (χ0v) is 17.1. The molecule has 9 nitrogen and oxygen atoms in total. The molecular formula is C19H22N4O5S. The second-order valence-electron chi connectivity index (χ2n) is 5.94. The van der Waals surface area contributed by atoms with Crippen molar-refractivity contribution in [2.24, 2.45) is 0 Å². The van der Waals surface area contributed by atoms with Crippen LogP contribution in [0.25, 0.3) is 0 Å². The molecule has 29 heavy (non-hydrogen) atoms. The van der Waals surface area contributed by atoms with Crippen LogP contribution < -0.4 is 15.4 Å². The minimum Gasteiger partial charge on any atom is -0.497 e. The second-order valence-corrected chi connectivity index (χ2v) is 6.35. The summed E-state index contributed by atoms with van der Waals surface area (Å²) in [4.78, 5) is 31.4. The normalized spacial score (nSPS) is 11.3. The minimum atomic E-state index is -0.987. The monoisotopic (exact) mass is 418 g/mol. The number of thiocarbonyl (C=S) groups is 1. The van der Waals surface area contributed by atoms with Crippen molar-refractivity contribution in [3.63, 3.8) is 0 Å². The van der Waals surface area contributed by atoms with E-state index in [9.17, 15) is 14.7 Å². The molecule has 1 aromatic carbocycles. The number of hydrogen-bond acceptors (Lipinski definition) is 7. The molecule has 0 saturated carbocycles. The number of carbonyl (C=O) groups is 2. The number of rotatable bonds is 8. The van der Waals surface area contributed by atoms with Gasteiger partial charge in [-0.2, -0.15) is 0 Å². The van der Waals surface area contributed by atoms with Crippen LogP contribution in [0.3, 0.4) is 0 Å². The number of aliphatic carboxylic acids is 1. The van der Waals surface area contributed by atoms with Gasteiger partial charge in [0.05, 0.1) is 37.4 Å². The molecule has 0 aliphatic rings. The Morgan fingerprint density at radius 3 is 2.72 bits per heavy atom. The van der Waals surface area contributed by atoms with Crippen LogP contribution in [0.2, 0.25) is 0 Å². The number of carboxylic acid groups (broad SMARTS) is 1. The molecule has 154 valence electrons. The van der Waals surface area contributed by atoms with E-state index >= 15 is 0 Å². The maximum absolute atomic E-state index is 11.8. The highest BCUT2D eigenvalue weighted by molar-refractivity contribution is 7.80. The summed E-state index contributed by atoms with van der Waals surface area (Å²) in [7, 11) is 1.53. The number of aryl methyl sites for hydroxylation is 1. The lowest BCUT2D eigenvalue weighted by molar-refractivity contribution is -0.137. The van der Waals surface area contributed by atoms with Crippen LogP contribution in [-0.4, -0.2) is 45.8 Å². The van der Waals surface area contributed by atoms with Crippen LogP contribution in [-0.2, 0) is 9.53 Å². The lowest BCUT2D eigenvalue weighted by Crippen LogP contribution is -2.34. The largest absolute Gasteiger partial charge is 0.497 e. The fourth-order valence-electron chi connectivity index (χ4n) is 2.52. The molecule has 0 unspecified atom stereocenters. The van der Waals surface area contributed by atoms with E-state index in [0.29, 0.717) is 17.0 Å². The summed E-state index contributed by atoms with van der Waals surface area (Å²) < 4.78 is 10.1. The topological polar surface area (TPSA) is 123 Å². The number of nitrogens with zero attached hydrogens (tertiary/aromatic N) is 2. The summed E-state index contributed by atoms with van der Waals surface area (Å²) in [5.41, 5.74) is 1.39. The van der Waals surface area contributed by atoms with Gasteiger partial charge in [0, 0.05) is 6.20 Å². The van der Waals surface area contributed by atoms with E-state index in [1.54, 1.807) is 38.1 Å². The van der Waals surface area contributed by atoms with Crippen molar-refractivity contribution in [2.45, 2.75) is 26.3 Å². The van der Waals surface area contributed by atoms with Crippen LogP contribution in [0.1, 0.15) is 41.0 Å². The van der Waals surface area contributed by atoms with Gasteiger partial charge in [0.1, 0.15) is 5.75 Å². The van der Waals surface area contributed by atoms with Gasteiger partial charge in [-0.1, -0.05) is 12.1 Å². The van der Waals surface area contributed by atoms with E-state index < -0.39 is 18.0 Å². The number of aromatic nitrogens is 2. The highest BCUT2D eigenvalue weighted by Gasteiger charge is 2.18. The molecule has 3 N–H and O–H groups in total. The molecule has 1 heterocycles. The van der Waals surface area contributed by atoms with Crippen molar-refractivity contribution in [1.29, 1.82) is 0 Å². The molecule has 0 radical (unpaired) electrons. The van der Waals surface area contributed by atoms with E-state index in [-0.39, 0.29) is 29.7 Å². The summed E-state index contributed by atoms with van der Waals surface area (Å²) in [6, 6.07) is 6.45. The van der Waals surface area contributed by atoms with Crippen LogP contribution in [0.15, 0.2) is 30.5 Å². The number of benzene rings is 1. The van der Waals surface area contributed by atoms with Crippen LogP contribution in [0.4, 0.5) is 5.95 Å². The smallest absolute Gasteiger partial charge is 0.341 e. The molecule has 1 atom stereocenters. The van der Waals surface area contributed by atoms with E-state index in [4.69, 9.17) is 21.7 Å². The van der Waals surface area contributed by atoms with Crippen molar-refractivity contribution < 1.29 is 24.2 Å². The van der Waals surface area contributed by atoms with E-state index in [1.807, 2.05) is 0 Å². The number of anilines is 1. The molecular weight excluding hydrogens is 396 g/mol. The molecule has 0 bridgehead atoms. The van der Waals surface area contributed by atoms with Gasteiger partial charge in [-0.05, 0) is 43.8 Å². The Kier molecular flexibility index (Phi) is 7.84. The number of ether oxygens (including phenoxy) is 2. The average molecular weight is 418 g/mol. The van der Waals surface area contributed by atoms with Crippen molar-refractivity contribution >= 4 is 35.2 Å². The van der Waals surface area contributed by atoms with Gasteiger partial charge < -0.3 is 25.2 Å². The number of methoxy groups -OCH3 is 1. The van der Waals surface area contributed by atoms with Crippen molar-refractivity contribution in [3.8, 4) is 5.75 Å². The van der Waals surface area contributed by atoms with Gasteiger partial charge in [-0.3, -0.25) is 4.79 Å². The quantitative estimate of drug-likeness (QED) is 0.435. The molecule has 0 aliphatic carbocycles. The standard InChI is InChI=1S/C19H22N4O5S/c1-4-28-17(26)14-10-20-18(21-11(14)2)23-19(29)22-15(9-16(24)25)12-6-5-7-13(8-12)27-3/h5-8,10,15H,4,9H2,1-3H3,(H,24,25)(H2,20,21,22,23,29)/t15-/m1/s1. The van der Waals surface area contributed by atoms with Crippen LogP contribution in [0.5, 0.6) is 5.75 Å². The maximum atomic E-state index is 11.8. The minimum absolute atomic E-state index is 0.141. The third kappa shape index (κ3) is 6.39. The molecule has 0 amide bonds. The maximum Gasteiger partial charge on any atom is 0.341 e. The third-order valence-corrected chi connectivity index (χ3v) is 4.10. The van der Waals surface area contributed by atoms with Gasteiger partial charge >= 0.3 is 11.9 Å². The summed E-state index contributed by atoms with van der Waals surface area (Å²) in [5, 5.41) is 15.1. The van der Waals surface area contributed by atoms with Crippen molar-refractivity contribution in [1.82, 2.24) is 15.3 Å². The average Bonchev–Trinajstić information content (AvgIpc) is 2.67. The first-order valence-corrected chi connectivity index (χ1v) is 9.18. The molecule has 0 saturated heterocycles. The fourth-order valence-corrected chi connectivity index (χ4v) is 2.75. The van der Waals surface area contributed by atoms with Gasteiger partial charge in [0.2, 0.25) is 5.95 Å². The Morgan fingerprint density at radius 2 is 2.10 bits per heavy atom. The molecule has 2 rings (SSSR count). The Balaban J connectivity index is 2.12. The van der Waals surface area contributed by atoms with E-state index in [0.717, 1.165) is 0 Å². The zero-order chi connectivity index (χ0) is 21.4. The summed E-state index contributed by atoms with van der Waals surface area (Å²) in [6.07, 6.45) is 1.15. The lowest BCUT2D eigenvalue weighted by atomic mass is 10.0. The molecule has 0 spiro atoms. The van der Waals surface area contributed by atoms with Crippen LogP contribution >= 0.6 is 12.2 Å². The first-order chi connectivity index (χ1) is 13.8. The SMILES string of the molecule is CCOC(=O)c1cnc(NC(=S)N[C@H](CC(=O)O)c2cccc(OC)c2)nc1C. The highest BCUT2D eigenvalue weighted by atomic mass is 32.1.